The zero-order valence-corrected chi connectivity index (χ0v) is 15.9. The second-order valence-electron chi connectivity index (χ2n) is 5.79. The van der Waals surface area contributed by atoms with Gasteiger partial charge >= 0.3 is 0 Å². The van der Waals surface area contributed by atoms with Crippen molar-refractivity contribution in [3.63, 3.8) is 0 Å². The number of hydrogen-bond donors (Lipinski definition) is 0. The Kier molecular flexibility index (Phi) is 6.06. The Bertz CT molecular complexity index is 825. The van der Waals surface area contributed by atoms with Crippen molar-refractivity contribution < 1.29 is 14.3 Å². The predicted octanol–water partition coefficient (Wildman–Crippen LogP) is 3.45. The number of carbonyl (C=O) groups excluding carboxylic acids is 2. The average Bonchev–Trinajstić information content (AvgIpc) is 2.68. The molecule has 0 aromatic heterocycles. The third-order valence-electron chi connectivity index (χ3n) is 4.12. The van der Waals surface area contributed by atoms with Crippen LogP contribution in [0.3, 0.4) is 0 Å². The highest BCUT2D eigenvalue weighted by Crippen LogP contribution is 2.15. The Balaban J connectivity index is 1.60. The monoisotopic (exact) mass is 390 g/mol. The van der Waals surface area contributed by atoms with Crippen LogP contribution in [0.1, 0.15) is 20.7 Å². The van der Waals surface area contributed by atoms with Crippen LogP contribution in [0, 0.1) is 0 Å². The Morgan fingerprint density at radius 1 is 1.00 bits per heavy atom. The third kappa shape index (κ3) is 4.51. The van der Waals surface area contributed by atoms with Gasteiger partial charge in [-0.25, -0.2) is 0 Å². The van der Waals surface area contributed by atoms with Crippen LogP contribution in [0.4, 0.5) is 0 Å². The lowest BCUT2D eigenvalue weighted by Gasteiger charge is -2.28. The van der Waals surface area contributed by atoms with Crippen molar-refractivity contribution >= 4 is 34.1 Å². The van der Waals surface area contributed by atoms with Crippen molar-refractivity contribution in [2.45, 2.75) is 0 Å². The number of rotatable bonds is 3. The van der Waals surface area contributed by atoms with Gasteiger partial charge in [0.2, 0.25) is 0 Å². The molecule has 1 saturated heterocycles. The van der Waals surface area contributed by atoms with E-state index in [1.165, 1.54) is 0 Å². The van der Waals surface area contributed by atoms with E-state index in [-0.39, 0.29) is 22.5 Å². The molecule has 0 aliphatic carbocycles. The molecule has 2 amide bonds. The summed E-state index contributed by atoms with van der Waals surface area (Å²) in [6.07, 6.45) is 0. The molecule has 3 rings (SSSR count). The Morgan fingerprint density at radius 3 is 2.15 bits per heavy atom. The molecule has 2 aromatic rings. The lowest BCUT2D eigenvalue weighted by Crippen LogP contribution is -2.41. The summed E-state index contributed by atoms with van der Waals surface area (Å²) in [5, 5.41) is 0.609. The zero-order valence-electron chi connectivity index (χ0n) is 14.4. The number of halogens is 1. The Morgan fingerprint density at radius 2 is 1.58 bits per heavy atom. The number of amides is 2. The predicted molar refractivity (Wildman–Crippen MR) is 104 cm³/mol. The van der Waals surface area contributed by atoms with Crippen LogP contribution < -0.4 is 4.74 Å². The molecular weight excluding hydrogens is 372 g/mol. The van der Waals surface area contributed by atoms with Crippen molar-refractivity contribution in [2.24, 2.45) is 4.36 Å². The van der Waals surface area contributed by atoms with Gasteiger partial charge < -0.3 is 9.64 Å². The summed E-state index contributed by atoms with van der Waals surface area (Å²) in [7, 11) is 1.23. The molecule has 1 heterocycles. The van der Waals surface area contributed by atoms with E-state index in [1.54, 1.807) is 60.5 Å². The van der Waals surface area contributed by atoms with Gasteiger partial charge in [0.1, 0.15) is 5.75 Å². The third-order valence-corrected chi connectivity index (χ3v) is 6.10. The highest BCUT2D eigenvalue weighted by molar-refractivity contribution is 7.87. The van der Waals surface area contributed by atoms with Gasteiger partial charge in [0.15, 0.2) is 0 Å². The number of methoxy groups -OCH3 is 1. The van der Waals surface area contributed by atoms with Crippen LogP contribution in [0.2, 0.25) is 5.02 Å². The second kappa shape index (κ2) is 8.47. The molecule has 1 aliphatic heterocycles. The molecule has 0 atom stereocenters. The summed E-state index contributed by atoms with van der Waals surface area (Å²) in [4.78, 5) is 26.6. The van der Waals surface area contributed by atoms with Gasteiger partial charge in [0.05, 0.1) is 7.11 Å². The molecule has 0 saturated carbocycles. The molecular formula is C19H19ClN2O3S. The van der Waals surface area contributed by atoms with Crippen LogP contribution in [0.25, 0.3) is 0 Å². The Hall–Kier alpha value is -2.18. The van der Waals surface area contributed by atoms with Crippen molar-refractivity contribution in [3.05, 3.63) is 64.7 Å². The maximum Gasteiger partial charge on any atom is 0.282 e. The summed E-state index contributed by atoms with van der Waals surface area (Å²) in [5.41, 5.74) is 1.18. The molecule has 0 N–H and O–H groups in total. The van der Waals surface area contributed by atoms with Gasteiger partial charge in [-0.1, -0.05) is 22.3 Å². The molecule has 26 heavy (non-hydrogen) atoms. The van der Waals surface area contributed by atoms with E-state index < -0.39 is 0 Å². The van der Waals surface area contributed by atoms with Crippen LogP contribution in [-0.2, 0) is 10.7 Å². The van der Waals surface area contributed by atoms with E-state index in [0.717, 1.165) is 0 Å². The standard InChI is InChI=1S/C19H19ClN2O3S/c1-25-17-8-4-14(5-9-17)18(23)21-26-12-10-22(11-13-26)19(24)15-2-6-16(20)7-3-15/h2-9H,10-13H2,1H3. The van der Waals surface area contributed by atoms with Gasteiger partial charge in [-0.3, -0.25) is 9.59 Å². The molecule has 0 spiro atoms. The quantitative estimate of drug-likeness (QED) is 0.806. The molecule has 0 bridgehead atoms. The number of benzene rings is 2. The van der Waals surface area contributed by atoms with Gasteiger partial charge in [-0.15, -0.1) is 0 Å². The fourth-order valence-corrected chi connectivity index (χ4v) is 4.33. The summed E-state index contributed by atoms with van der Waals surface area (Å²) in [6.45, 7) is 1.20. The van der Waals surface area contributed by atoms with Crippen molar-refractivity contribution in [3.8, 4) is 5.75 Å². The first kappa shape index (κ1) is 18.6. The maximum absolute atomic E-state index is 12.5. The molecule has 5 nitrogen and oxygen atoms in total. The molecule has 136 valence electrons. The van der Waals surface area contributed by atoms with E-state index in [0.29, 0.717) is 46.5 Å². The van der Waals surface area contributed by atoms with E-state index in [2.05, 4.69) is 4.36 Å². The van der Waals surface area contributed by atoms with Gasteiger partial charge in [-0.2, -0.15) is 4.36 Å². The van der Waals surface area contributed by atoms with Crippen LogP contribution in [0.5, 0.6) is 5.75 Å². The summed E-state index contributed by atoms with van der Waals surface area (Å²) in [6, 6.07) is 13.8. The zero-order chi connectivity index (χ0) is 18.5. The topological polar surface area (TPSA) is 59.0 Å². The van der Waals surface area contributed by atoms with Crippen LogP contribution in [0.15, 0.2) is 52.9 Å². The van der Waals surface area contributed by atoms with Gasteiger partial charge in [0, 0.05) is 40.7 Å². The van der Waals surface area contributed by atoms with Crippen LogP contribution in [-0.4, -0.2) is 48.4 Å². The van der Waals surface area contributed by atoms with E-state index in [9.17, 15) is 9.59 Å². The smallest absolute Gasteiger partial charge is 0.282 e. The first-order valence-electron chi connectivity index (χ1n) is 8.19. The lowest BCUT2D eigenvalue weighted by molar-refractivity contribution is 0.0772. The minimum Gasteiger partial charge on any atom is -0.497 e. The van der Waals surface area contributed by atoms with Crippen LogP contribution >= 0.6 is 11.6 Å². The van der Waals surface area contributed by atoms with Gasteiger partial charge in [-0.05, 0) is 48.5 Å². The molecule has 1 aliphatic rings. The SMILES string of the molecule is COc1ccc(C(=O)N=S2CCN(C(=O)c3ccc(Cl)cc3)CC2)cc1. The Labute approximate surface area is 160 Å². The van der Waals surface area contributed by atoms with E-state index in [4.69, 9.17) is 16.3 Å². The molecule has 0 unspecified atom stereocenters. The fourth-order valence-electron chi connectivity index (χ4n) is 2.62. The largest absolute Gasteiger partial charge is 0.497 e. The summed E-state index contributed by atoms with van der Waals surface area (Å²) in [5.74, 6) is 1.90. The second-order valence-corrected chi connectivity index (χ2v) is 8.15. The van der Waals surface area contributed by atoms with E-state index >= 15 is 0 Å². The first-order valence-corrected chi connectivity index (χ1v) is 10.1. The maximum atomic E-state index is 12.5. The van der Waals surface area contributed by atoms with Crippen molar-refractivity contribution in [1.82, 2.24) is 4.90 Å². The molecule has 0 radical (unpaired) electrons. The molecule has 7 heteroatoms. The van der Waals surface area contributed by atoms with E-state index in [1.807, 2.05) is 0 Å². The fraction of sp³-hybridized carbons (Fsp3) is 0.263. The normalized spacial score (nSPS) is 14.8. The molecule has 2 aromatic carbocycles. The lowest BCUT2D eigenvalue weighted by atomic mass is 10.2. The summed E-state index contributed by atoms with van der Waals surface area (Å²) < 4.78 is 9.42. The number of hydrogen-bond acceptors (Lipinski definition) is 3. The number of ether oxygens (including phenoxy) is 1. The average molecular weight is 391 g/mol. The summed E-state index contributed by atoms with van der Waals surface area (Å²) >= 11 is 5.86. The highest BCUT2D eigenvalue weighted by Gasteiger charge is 2.21. The van der Waals surface area contributed by atoms with Crippen molar-refractivity contribution in [1.29, 1.82) is 0 Å². The number of nitrogens with zero attached hydrogens (tertiary/aromatic N) is 2. The highest BCUT2D eigenvalue weighted by atomic mass is 35.5. The minimum atomic E-state index is -0.350. The van der Waals surface area contributed by atoms with Gasteiger partial charge in [0.25, 0.3) is 11.8 Å². The van der Waals surface area contributed by atoms with Crippen molar-refractivity contribution in [2.75, 3.05) is 31.7 Å². The minimum absolute atomic E-state index is 0.00797. The molecule has 1 fully saturated rings. The first-order chi connectivity index (χ1) is 12.6. The number of carbonyl (C=O) groups is 2.